The Labute approximate surface area is 106 Å². The minimum Gasteiger partial charge on any atom is -0.481 e. The highest BCUT2D eigenvalue weighted by Crippen LogP contribution is 2.51. The third kappa shape index (κ3) is 3.01. The van der Waals surface area contributed by atoms with E-state index in [1.807, 2.05) is 0 Å². The van der Waals surface area contributed by atoms with E-state index in [1.165, 1.54) is 0 Å². The van der Waals surface area contributed by atoms with Gasteiger partial charge in [-0.3, -0.25) is 4.79 Å². The smallest absolute Gasteiger partial charge is 0.306 e. The zero-order chi connectivity index (χ0) is 13.4. The molecule has 0 spiro atoms. The molecule has 0 atom stereocenters. The first kappa shape index (κ1) is 12.9. The number of carboxylic acid groups (broad SMARTS) is 1. The second kappa shape index (κ2) is 4.28. The summed E-state index contributed by atoms with van der Waals surface area (Å²) in [5, 5.41) is 8.85. The highest BCUT2D eigenvalue weighted by atomic mass is 32.2. The van der Waals surface area contributed by atoms with Crippen LogP contribution in [0.4, 0.5) is 0 Å². The lowest BCUT2D eigenvalue weighted by Gasteiger charge is -2.13. The number of hydrogen-bond acceptors (Lipinski definition) is 4. The predicted octanol–water partition coefficient (Wildman–Crippen LogP) is 1.53. The molecule has 1 aromatic carbocycles. The summed E-state index contributed by atoms with van der Waals surface area (Å²) in [5.74, 6) is -0.573. The van der Waals surface area contributed by atoms with Crippen molar-refractivity contribution in [1.82, 2.24) is 0 Å². The van der Waals surface area contributed by atoms with E-state index in [2.05, 4.69) is 0 Å². The predicted molar refractivity (Wildman–Crippen MR) is 65.1 cm³/mol. The number of aliphatic carboxylic acids is 1. The van der Waals surface area contributed by atoms with Gasteiger partial charge >= 0.3 is 16.1 Å². The van der Waals surface area contributed by atoms with Crippen molar-refractivity contribution >= 4 is 16.1 Å². The van der Waals surface area contributed by atoms with E-state index in [-0.39, 0.29) is 17.6 Å². The van der Waals surface area contributed by atoms with Crippen molar-refractivity contribution in [3.8, 4) is 5.75 Å². The molecule has 5 nitrogen and oxygen atoms in total. The Morgan fingerprint density at radius 2 is 1.89 bits per heavy atom. The van der Waals surface area contributed by atoms with E-state index in [4.69, 9.17) is 9.29 Å². The van der Waals surface area contributed by atoms with E-state index >= 15 is 0 Å². The molecule has 0 radical (unpaired) electrons. The van der Waals surface area contributed by atoms with Gasteiger partial charge < -0.3 is 9.29 Å². The molecular weight excluding hydrogens is 256 g/mol. The van der Waals surface area contributed by atoms with Gasteiger partial charge in [-0.25, -0.2) is 0 Å². The van der Waals surface area contributed by atoms with E-state index in [0.29, 0.717) is 0 Å². The first-order valence-corrected chi connectivity index (χ1v) is 7.34. The third-order valence-electron chi connectivity index (χ3n) is 3.06. The summed E-state index contributed by atoms with van der Waals surface area (Å²) in [6.07, 6.45) is 2.80. The molecule has 0 heterocycles. The summed E-state index contributed by atoms with van der Waals surface area (Å²) in [6, 6.07) is 6.57. The fourth-order valence-electron chi connectivity index (χ4n) is 2.05. The van der Waals surface area contributed by atoms with Gasteiger partial charge in [0, 0.05) is 5.41 Å². The van der Waals surface area contributed by atoms with E-state index in [9.17, 15) is 13.2 Å². The van der Waals surface area contributed by atoms with Gasteiger partial charge in [-0.15, -0.1) is 0 Å². The second-order valence-corrected chi connectivity index (χ2v) is 6.24. The van der Waals surface area contributed by atoms with Crippen LogP contribution in [0.15, 0.2) is 24.3 Å². The summed E-state index contributed by atoms with van der Waals surface area (Å²) in [4.78, 5) is 10.8. The first-order valence-electron chi connectivity index (χ1n) is 5.53. The lowest BCUT2D eigenvalue weighted by Crippen LogP contribution is -2.13. The van der Waals surface area contributed by atoms with Gasteiger partial charge in [0.15, 0.2) is 0 Å². The molecule has 18 heavy (non-hydrogen) atoms. The molecule has 0 saturated heterocycles. The second-order valence-electron chi connectivity index (χ2n) is 4.66. The SMILES string of the molecule is CS(=O)(=O)Oc1ccc(C2(CC(=O)O)CC2)cc1. The van der Waals surface area contributed by atoms with Crippen LogP contribution in [0.1, 0.15) is 24.8 Å². The molecule has 6 heteroatoms. The Kier molecular flexibility index (Phi) is 3.06. The minimum atomic E-state index is -3.52. The molecule has 1 aliphatic rings. The summed E-state index contributed by atoms with van der Waals surface area (Å²) in [6.45, 7) is 0. The maximum atomic E-state index is 10.9. The van der Waals surface area contributed by atoms with Crippen LogP contribution in [0.3, 0.4) is 0 Å². The minimum absolute atomic E-state index is 0.110. The Balaban J connectivity index is 2.16. The maximum Gasteiger partial charge on any atom is 0.306 e. The van der Waals surface area contributed by atoms with E-state index < -0.39 is 16.1 Å². The van der Waals surface area contributed by atoms with Crippen LogP contribution in [-0.4, -0.2) is 25.7 Å². The Hall–Kier alpha value is -1.56. The number of benzene rings is 1. The number of carboxylic acids is 1. The van der Waals surface area contributed by atoms with Gasteiger partial charge in [0.1, 0.15) is 5.75 Å². The number of rotatable bonds is 5. The summed E-state index contributed by atoms with van der Waals surface area (Å²) in [7, 11) is -3.52. The molecule has 1 N–H and O–H groups in total. The van der Waals surface area contributed by atoms with Gasteiger partial charge in [0.2, 0.25) is 0 Å². The van der Waals surface area contributed by atoms with Gasteiger partial charge in [-0.1, -0.05) is 12.1 Å². The molecule has 1 aromatic rings. The zero-order valence-electron chi connectivity index (χ0n) is 9.92. The average molecular weight is 270 g/mol. The van der Waals surface area contributed by atoms with Crippen LogP contribution in [0.5, 0.6) is 5.75 Å². The van der Waals surface area contributed by atoms with Crippen LogP contribution in [0.25, 0.3) is 0 Å². The fourth-order valence-corrected chi connectivity index (χ4v) is 2.51. The molecule has 0 aliphatic heterocycles. The Morgan fingerprint density at radius 1 is 1.33 bits per heavy atom. The molecule has 1 saturated carbocycles. The van der Waals surface area contributed by atoms with Crippen molar-refractivity contribution in [2.24, 2.45) is 0 Å². The van der Waals surface area contributed by atoms with Crippen molar-refractivity contribution in [3.05, 3.63) is 29.8 Å². The molecule has 1 aliphatic carbocycles. The van der Waals surface area contributed by atoms with E-state index in [0.717, 1.165) is 24.7 Å². The molecule has 0 bridgehead atoms. The highest BCUT2D eigenvalue weighted by molar-refractivity contribution is 7.86. The fraction of sp³-hybridized carbons (Fsp3) is 0.417. The normalized spacial score (nSPS) is 17.2. The lowest BCUT2D eigenvalue weighted by molar-refractivity contribution is -0.137. The molecule has 0 amide bonds. The van der Waals surface area contributed by atoms with Crippen molar-refractivity contribution in [1.29, 1.82) is 0 Å². The molecular formula is C12H14O5S. The van der Waals surface area contributed by atoms with Gasteiger partial charge in [-0.2, -0.15) is 8.42 Å². The topological polar surface area (TPSA) is 80.7 Å². The van der Waals surface area contributed by atoms with Gasteiger partial charge in [-0.05, 0) is 30.5 Å². The van der Waals surface area contributed by atoms with Crippen molar-refractivity contribution in [2.45, 2.75) is 24.7 Å². The quantitative estimate of drug-likeness (QED) is 0.821. The zero-order valence-corrected chi connectivity index (χ0v) is 10.7. The molecule has 98 valence electrons. The van der Waals surface area contributed by atoms with Crippen LogP contribution in [0, 0.1) is 0 Å². The summed E-state index contributed by atoms with van der Waals surface area (Å²) < 4.78 is 26.6. The van der Waals surface area contributed by atoms with Crippen LogP contribution in [-0.2, 0) is 20.3 Å². The molecule has 0 aromatic heterocycles. The van der Waals surface area contributed by atoms with Gasteiger partial charge in [0.25, 0.3) is 0 Å². The first-order chi connectivity index (χ1) is 8.31. The Morgan fingerprint density at radius 3 is 2.28 bits per heavy atom. The highest BCUT2D eigenvalue weighted by Gasteiger charge is 2.45. The van der Waals surface area contributed by atoms with Crippen molar-refractivity contribution in [3.63, 3.8) is 0 Å². The Bertz CT molecular complexity index is 555. The summed E-state index contributed by atoms with van der Waals surface area (Å²) >= 11 is 0. The van der Waals surface area contributed by atoms with Crippen LogP contribution in [0.2, 0.25) is 0 Å². The number of hydrogen-bond donors (Lipinski definition) is 1. The average Bonchev–Trinajstić information content (AvgIpc) is 2.96. The van der Waals surface area contributed by atoms with E-state index in [1.54, 1.807) is 24.3 Å². The lowest BCUT2D eigenvalue weighted by atomic mass is 9.92. The third-order valence-corrected chi connectivity index (χ3v) is 3.55. The molecule has 2 rings (SSSR count). The monoisotopic (exact) mass is 270 g/mol. The maximum absolute atomic E-state index is 10.9. The molecule has 1 fully saturated rings. The van der Waals surface area contributed by atoms with Crippen molar-refractivity contribution in [2.75, 3.05) is 6.26 Å². The van der Waals surface area contributed by atoms with Gasteiger partial charge in [0.05, 0.1) is 12.7 Å². The number of carbonyl (C=O) groups is 1. The van der Waals surface area contributed by atoms with Crippen LogP contribution < -0.4 is 4.18 Å². The standard InChI is InChI=1S/C12H14O5S/c1-18(15,16)17-10-4-2-9(3-5-10)12(6-7-12)8-11(13)14/h2-5H,6-8H2,1H3,(H,13,14). The largest absolute Gasteiger partial charge is 0.481 e. The molecule has 0 unspecified atom stereocenters. The van der Waals surface area contributed by atoms with Crippen molar-refractivity contribution < 1.29 is 22.5 Å². The van der Waals surface area contributed by atoms with Crippen LogP contribution >= 0.6 is 0 Å². The summed E-state index contributed by atoms with van der Waals surface area (Å²) in [5.41, 5.74) is 0.654.